The Morgan fingerprint density at radius 2 is 2.00 bits per heavy atom. The fourth-order valence-corrected chi connectivity index (χ4v) is 2.27. The third-order valence-corrected chi connectivity index (χ3v) is 3.75. The van der Waals surface area contributed by atoms with Gasteiger partial charge < -0.3 is 15.4 Å². The van der Waals surface area contributed by atoms with E-state index in [1.54, 1.807) is 18.8 Å². The van der Waals surface area contributed by atoms with E-state index in [0.717, 1.165) is 17.1 Å². The van der Waals surface area contributed by atoms with Crippen LogP contribution in [0.5, 0.6) is 5.75 Å². The van der Waals surface area contributed by atoms with Gasteiger partial charge in [-0.25, -0.2) is 9.97 Å². The molecule has 136 valence electrons. The highest BCUT2D eigenvalue weighted by atomic mass is 16.5. The predicted molar refractivity (Wildman–Crippen MR) is 96.4 cm³/mol. The first-order valence-corrected chi connectivity index (χ1v) is 8.02. The van der Waals surface area contributed by atoms with Crippen LogP contribution in [0.4, 0.5) is 0 Å². The summed E-state index contributed by atoms with van der Waals surface area (Å²) in [5.41, 5.74) is 0.915. The summed E-state index contributed by atoms with van der Waals surface area (Å²) in [6, 6.07) is 7.59. The molecule has 0 radical (unpaired) electrons. The molecule has 0 aliphatic heterocycles. The van der Waals surface area contributed by atoms with Gasteiger partial charge in [-0.15, -0.1) is 0 Å². The van der Waals surface area contributed by atoms with Crippen LogP contribution in [0, 0.1) is 0 Å². The molecule has 2 aromatic heterocycles. The molecule has 26 heavy (non-hydrogen) atoms. The molecule has 3 N–H and O–H groups in total. The molecule has 0 aliphatic carbocycles. The monoisotopic (exact) mass is 355 g/mol. The number of aromatic nitrogens is 6. The SMILES string of the molecule is CN=C(NCc1nc(-c2ccc(OC)cc2)n[nH]1)NCc1ncnn1C. The van der Waals surface area contributed by atoms with E-state index < -0.39 is 0 Å². The molecule has 10 nitrogen and oxygen atoms in total. The highest BCUT2D eigenvalue weighted by molar-refractivity contribution is 5.79. The van der Waals surface area contributed by atoms with Gasteiger partial charge in [-0.2, -0.15) is 10.2 Å². The van der Waals surface area contributed by atoms with Crippen LogP contribution < -0.4 is 15.4 Å². The van der Waals surface area contributed by atoms with Crippen LogP contribution in [0.1, 0.15) is 11.6 Å². The minimum absolute atomic E-state index is 0.460. The lowest BCUT2D eigenvalue weighted by atomic mass is 10.2. The Bertz CT molecular complexity index is 866. The lowest BCUT2D eigenvalue weighted by molar-refractivity contribution is 0.415. The Kier molecular flexibility index (Phi) is 5.42. The molecule has 2 heterocycles. The normalized spacial score (nSPS) is 11.4. The second-order valence-electron chi connectivity index (χ2n) is 5.41. The van der Waals surface area contributed by atoms with Gasteiger partial charge in [0.05, 0.1) is 20.2 Å². The minimum atomic E-state index is 0.460. The Morgan fingerprint density at radius 3 is 2.65 bits per heavy atom. The van der Waals surface area contributed by atoms with E-state index in [1.165, 1.54) is 6.33 Å². The zero-order valence-corrected chi connectivity index (χ0v) is 14.9. The molecule has 0 fully saturated rings. The summed E-state index contributed by atoms with van der Waals surface area (Å²) >= 11 is 0. The van der Waals surface area contributed by atoms with Crippen molar-refractivity contribution in [2.24, 2.45) is 12.0 Å². The van der Waals surface area contributed by atoms with Crippen molar-refractivity contribution in [3.63, 3.8) is 0 Å². The van der Waals surface area contributed by atoms with E-state index in [9.17, 15) is 0 Å². The maximum absolute atomic E-state index is 5.16. The number of nitrogens with one attached hydrogen (secondary N) is 3. The van der Waals surface area contributed by atoms with Crippen molar-refractivity contribution in [1.29, 1.82) is 0 Å². The Hall–Kier alpha value is -3.43. The quantitative estimate of drug-likeness (QED) is 0.434. The fraction of sp³-hybridized carbons (Fsp3) is 0.312. The molecule has 0 bridgehead atoms. The molecule has 0 atom stereocenters. The lowest BCUT2D eigenvalue weighted by Crippen LogP contribution is -2.37. The van der Waals surface area contributed by atoms with Crippen molar-refractivity contribution >= 4 is 5.96 Å². The largest absolute Gasteiger partial charge is 0.497 e. The van der Waals surface area contributed by atoms with Crippen molar-refractivity contribution in [1.82, 2.24) is 40.6 Å². The summed E-state index contributed by atoms with van der Waals surface area (Å²) in [6.45, 7) is 0.977. The van der Waals surface area contributed by atoms with Crippen LogP contribution >= 0.6 is 0 Å². The smallest absolute Gasteiger partial charge is 0.191 e. The first-order valence-electron chi connectivity index (χ1n) is 8.02. The molecule has 3 rings (SSSR count). The molecule has 10 heteroatoms. The average Bonchev–Trinajstić information content (AvgIpc) is 3.31. The number of hydrogen-bond donors (Lipinski definition) is 3. The number of benzene rings is 1. The van der Waals surface area contributed by atoms with Crippen LogP contribution in [-0.4, -0.2) is 50.1 Å². The van der Waals surface area contributed by atoms with Crippen LogP contribution in [0.15, 0.2) is 35.6 Å². The molecular weight excluding hydrogens is 334 g/mol. The molecule has 0 saturated carbocycles. The molecule has 0 saturated heterocycles. The van der Waals surface area contributed by atoms with Gasteiger partial charge >= 0.3 is 0 Å². The van der Waals surface area contributed by atoms with Crippen molar-refractivity contribution in [2.75, 3.05) is 14.2 Å². The topological polar surface area (TPSA) is 118 Å². The zero-order chi connectivity index (χ0) is 18.4. The number of ether oxygens (including phenoxy) is 1. The summed E-state index contributed by atoms with van der Waals surface area (Å²) in [6.07, 6.45) is 1.52. The summed E-state index contributed by atoms with van der Waals surface area (Å²) in [5.74, 6) is 3.58. The molecule has 0 amide bonds. The predicted octanol–water partition coefficient (Wildman–Crippen LogP) is 0.474. The molecule has 3 aromatic rings. The van der Waals surface area contributed by atoms with Gasteiger partial charge in [0.2, 0.25) is 0 Å². The number of aromatic amines is 1. The number of H-pyrrole nitrogens is 1. The van der Waals surface area contributed by atoms with E-state index in [4.69, 9.17) is 4.74 Å². The third-order valence-electron chi connectivity index (χ3n) is 3.75. The van der Waals surface area contributed by atoms with E-state index in [2.05, 4.69) is 40.9 Å². The average molecular weight is 355 g/mol. The second-order valence-corrected chi connectivity index (χ2v) is 5.41. The standard InChI is InChI=1S/C16H21N9O/c1-17-16(19-9-14-20-10-21-25(14)2)18-8-13-22-15(24-23-13)11-4-6-12(26-3)7-5-11/h4-7,10H,8-9H2,1-3H3,(H2,17,18,19)(H,22,23,24). The number of guanidine groups is 1. The minimum Gasteiger partial charge on any atom is -0.497 e. The van der Waals surface area contributed by atoms with E-state index in [-0.39, 0.29) is 0 Å². The summed E-state index contributed by atoms with van der Waals surface area (Å²) in [5, 5.41) is 17.6. The molecule has 0 aliphatic rings. The third kappa shape index (κ3) is 4.15. The molecule has 0 spiro atoms. The van der Waals surface area contributed by atoms with Gasteiger partial charge in [-0.3, -0.25) is 14.8 Å². The van der Waals surface area contributed by atoms with E-state index >= 15 is 0 Å². The number of nitrogens with zero attached hydrogens (tertiary/aromatic N) is 6. The Balaban J connectivity index is 1.55. The van der Waals surface area contributed by atoms with E-state index in [1.807, 2.05) is 31.3 Å². The molecule has 0 unspecified atom stereocenters. The van der Waals surface area contributed by atoms with Gasteiger partial charge in [0, 0.05) is 19.7 Å². The van der Waals surface area contributed by atoms with E-state index in [0.29, 0.717) is 30.7 Å². The Morgan fingerprint density at radius 1 is 1.23 bits per heavy atom. The fourth-order valence-electron chi connectivity index (χ4n) is 2.27. The Labute approximate surface area is 150 Å². The zero-order valence-electron chi connectivity index (χ0n) is 14.9. The van der Waals surface area contributed by atoms with Crippen molar-refractivity contribution in [3.05, 3.63) is 42.2 Å². The van der Waals surface area contributed by atoms with Gasteiger partial charge in [-0.1, -0.05) is 0 Å². The molecular formula is C16H21N9O. The highest BCUT2D eigenvalue weighted by Gasteiger charge is 2.08. The summed E-state index contributed by atoms with van der Waals surface area (Å²) in [4.78, 5) is 12.8. The maximum Gasteiger partial charge on any atom is 0.191 e. The lowest BCUT2D eigenvalue weighted by Gasteiger charge is -2.10. The van der Waals surface area contributed by atoms with Crippen molar-refractivity contribution in [2.45, 2.75) is 13.1 Å². The summed E-state index contributed by atoms with van der Waals surface area (Å²) in [7, 11) is 5.18. The molecule has 1 aromatic carbocycles. The van der Waals surface area contributed by atoms with Gasteiger partial charge in [0.1, 0.15) is 23.7 Å². The maximum atomic E-state index is 5.16. The first kappa shape index (κ1) is 17.4. The van der Waals surface area contributed by atoms with Gasteiger partial charge in [0.25, 0.3) is 0 Å². The van der Waals surface area contributed by atoms with Crippen LogP contribution in [0.25, 0.3) is 11.4 Å². The first-order chi connectivity index (χ1) is 12.7. The number of aryl methyl sites for hydroxylation is 1. The van der Waals surface area contributed by atoms with Gasteiger partial charge in [0.15, 0.2) is 11.8 Å². The van der Waals surface area contributed by atoms with Crippen LogP contribution in [0.3, 0.4) is 0 Å². The van der Waals surface area contributed by atoms with Crippen LogP contribution in [0.2, 0.25) is 0 Å². The second kappa shape index (κ2) is 8.10. The van der Waals surface area contributed by atoms with Crippen molar-refractivity contribution in [3.8, 4) is 17.1 Å². The number of rotatable bonds is 6. The highest BCUT2D eigenvalue weighted by Crippen LogP contribution is 2.18. The number of methoxy groups -OCH3 is 1. The van der Waals surface area contributed by atoms with Crippen LogP contribution in [-0.2, 0) is 20.1 Å². The number of aliphatic imine (C=N–C) groups is 1. The number of hydrogen-bond acceptors (Lipinski definition) is 6. The van der Waals surface area contributed by atoms with Gasteiger partial charge in [-0.05, 0) is 24.3 Å². The summed E-state index contributed by atoms with van der Waals surface area (Å²) < 4.78 is 6.86. The van der Waals surface area contributed by atoms with Crippen molar-refractivity contribution < 1.29 is 4.74 Å².